The first-order chi connectivity index (χ1) is 6.43. The Morgan fingerprint density at radius 2 is 2.14 bits per heavy atom. The molecule has 0 aliphatic heterocycles. The number of carbonyl (C=O) groups excluding carboxylic acids is 1. The largest absolute Gasteiger partial charge is 0.382 e. The maximum absolute atomic E-state index is 12.3. The molecular formula is C7H4Cl2F2N2O. The molecule has 0 spiro atoms. The summed E-state index contributed by atoms with van der Waals surface area (Å²) in [6.07, 6.45) is -2.83. The highest BCUT2D eigenvalue weighted by molar-refractivity contribution is 6.67. The Balaban J connectivity index is 3.35. The van der Waals surface area contributed by atoms with Gasteiger partial charge in [0.05, 0.1) is 5.02 Å². The van der Waals surface area contributed by atoms with E-state index in [0.717, 1.165) is 6.07 Å². The second-order valence-electron chi connectivity index (χ2n) is 2.37. The van der Waals surface area contributed by atoms with Gasteiger partial charge in [0.15, 0.2) is 0 Å². The first-order valence-electron chi connectivity index (χ1n) is 3.37. The van der Waals surface area contributed by atoms with E-state index < -0.39 is 17.2 Å². The number of rotatable bonds is 2. The number of nitrogen functional groups attached to an aromatic ring is 1. The van der Waals surface area contributed by atoms with Crippen molar-refractivity contribution < 1.29 is 13.6 Å². The Bertz CT molecular complexity index is 384. The van der Waals surface area contributed by atoms with E-state index >= 15 is 0 Å². The van der Waals surface area contributed by atoms with Crippen molar-refractivity contribution >= 4 is 34.3 Å². The molecule has 14 heavy (non-hydrogen) atoms. The SMILES string of the molecule is Nc1nc(C(=O)Cl)cc(C(F)F)c1Cl. The molecule has 0 aliphatic rings. The molecule has 1 aromatic rings. The van der Waals surface area contributed by atoms with Gasteiger partial charge >= 0.3 is 0 Å². The summed E-state index contributed by atoms with van der Waals surface area (Å²) < 4.78 is 24.7. The number of anilines is 1. The van der Waals surface area contributed by atoms with Crippen LogP contribution in [0.3, 0.4) is 0 Å². The summed E-state index contributed by atoms with van der Waals surface area (Å²) in [7, 11) is 0. The maximum atomic E-state index is 12.3. The first kappa shape index (κ1) is 11.1. The van der Waals surface area contributed by atoms with Crippen LogP contribution in [0, 0.1) is 0 Å². The highest BCUT2D eigenvalue weighted by Crippen LogP contribution is 2.31. The number of nitrogens with zero attached hydrogens (tertiary/aromatic N) is 1. The quantitative estimate of drug-likeness (QED) is 0.809. The van der Waals surface area contributed by atoms with Gasteiger partial charge in [-0.3, -0.25) is 4.79 Å². The zero-order chi connectivity index (χ0) is 10.9. The molecule has 7 heteroatoms. The van der Waals surface area contributed by atoms with Gasteiger partial charge in [0.25, 0.3) is 11.7 Å². The summed E-state index contributed by atoms with van der Waals surface area (Å²) in [4.78, 5) is 14.1. The van der Waals surface area contributed by atoms with Gasteiger partial charge in [-0.1, -0.05) is 11.6 Å². The minimum atomic E-state index is -2.83. The number of pyridine rings is 1. The van der Waals surface area contributed by atoms with Gasteiger partial charge in [-0.15, -0.1) is 0 Å². The molecule has 0 fully saturated rings. The van der Waals surface area contributed by atoms with Gasteiger partial charge < -0.3 is 5.73 Å². The van der Waals surface area contributed by atoms with Crippen LogP contribution in [0.5, 0.6) is 0 Å². The third kappa shape index (κ3) is 2.10. The summed E-state index contributed by atoms with van der Waals surface area (Å²) in [5.74, 6) is -0.339. The maximum Gasteiger partial charge on any atom is 0.270 e. The second kappa shape index (κ2) is 4.06. The molecular weight excluding hydrogens is 237 g/mol. The monoisotopic (exact) mass is 240 g/mol. The lowest BCUT2D eigenvalue weighted by molar-refractivity contribution is 0.107. The average molecular weight is 241 g/mol. The van der Waals surface area contributed by atoms with Crippen LogP contribution in [0.1, 0.15) is 22.5 Å². The van der Waals surface area contributed by atoms with Crippen molar-refractivity contribution in [1.29, 1.82) is 0 Å². The zero-order valence-electron chi connectivity index (χ0n) is 6.60. The van der Waals surface area contributed by atoms with E-state index in [2.05, 4.69) is 4.98 Å². The smallest absolute Gasteiger partial charge is 0.270 e. The van der Waals surface area contributed by atoms with Crippen LogP contribution >= 0.6 is 23.2 Å². The fourth-order valence-electron chi connectivity index (χ4n) is 0.829. The van der Waals surface area contributed by atoms with Gasteiger partial charge in [0, 0.05) is 5.56 Å². The molecule has 1 rings (SSSR count). The predicted molar refractivity (Wildman–Crippen MR) is 48.8 cm³/mol. The lowest BCUT2D eigenvalue weighted by atomic mass is 10.2. The van der Waals surface area contributed by atoms with Crippen LogP contribution in [0.2, 0.25) is 5.02 Å². The lowest BCUT2D eigenvalue weighted by Crippen LogP contribution is -2.03. The van der Waals surface area contributed by atoms with Crippen LogP contribution in [-0.2, 0) is 0 Å². The summed E-state index contributed by atoms with van der Waals surface area (Å²) >= 11 is 10.5. The standard InChI is InChI=1S/C7H4Cl2F2N2O/c8-4-2(6(10)11)1-3(5(9)14)13-7(4)12/h1,6H,(H2,12,13). The van der Waals surface area contributed by atoms with Crippen molar-refractivity contribution in [3.63, 3.8) is 0 Å². The van der Waals surface area contributed by atoms with Crippen LogP contribution in [0.4, 0.5) is 14.6 Å². The van der Waals surface area contributed by atoms with Crippen molar-refractivity contribution in [2.24, 2.45) is 0 Å². The van der Waals surface area contributed by atoms with Crippen molar-refractivity contribution in [2.45, 2.75) is 6.43 Å². The molecule has 2 N–H and O–H groups in total. The highest BCUT2D eigenvalue weighted by atomic mass is 35.5. The number of nitrogens with two attached hydrogens (primary N) is 1. The van der Waals surface area contributed by atoms with Gasteiger partial charge in [-0.05, 0) is 17.7 Å². The summed E-state index contributed by atoms with van der Waals surface area (Å²) in [6, 6.07) is 0.818. The van der Waals surface area contributed by atoms with Crippen LogP contribution in [0.15, 0.2) is 6.07 Å². The van der Waals surface area contributed by atoms with E-state index in [1.165, 1.54) is 0 Å². The molecule has 1 heterocycles. The van der Waals surface area contributed by atoms with Gasteiger partial charge in [-0.2, -0.15) is 0 Å². The molecule has 3 nitrogen and oxygen atoms in total. The number of alkyl halides is 2. The molecule has 0 radical (unpaired) electrons. The highest BCUT2D eigenvalue weighted by Gasteiger charge is 2.18. The molecule has 0 aliphatic carbocycles. The molecule has 0 saturated heterocycles. The fourth-order valence-corrected chi connectivity index (χ4v) is 1.11. The molecule has 76 valence electrons. The Hall–Kier alpha value is -0.940. The van der Waals surface area contributed by atoms with E-state index in [0.29, 0.717) is 0 Å². The normalized spacial score (nSPS) is 10.6. The average Bonchev–Trinajstić information content (AvgIpc) is 2.08. The van der Waals surface area contributed by atoms with Gasteiger partial charge in [0.2, 0.25) is 0 Å². The number of hydrogen-bond donors (Lipinski definition) is 1. The van der Waals surface area contributed by atoms with Crippen molar-refractivity contribution in [2.75, 3.05) is 5.73 Å². The van der Waals surface area contributed by atoms with Crippen molar-refractivity contribution in [3.05, 3.63) is 22.3 Å². The van der Waals surface area contributed by atoms with E-state index in [1.807, 2.05) is 0 Å². The molecule has 0 bridgehead atoms. The van der Waals surface area contributed by atoms with Crippen LogP contribution in [-0.4, -0.2) is 10.2 Å². The predicted octanol–water partition coefficient (Wildman–Crippen LogP) is 2.63. The molecule has 1 aromatic heterocycles. The summed E-state index contributed by atoms with van der Waals surface area (Å²) in [5, 5.41) is -1.32. The van der Waals surface area contributed by atoms with Crippen molar-refractivity contribution in [3.8, 4) is 0 Å². The molecule has 0 amide bonds. The number of aromatic nitrogens is 1. The van der Waals surface area contributed by atoms with Gasteiger partial charge in [0.1, 0.15) is 11.5 Å². The van der Waals surface area contributed by atoms with E-state index in [-0.39, 0.29) is 16.5 Å². The summed E-state index contributed by atoms with van der Waals surface area (Å²) in [5.41, 5.74) is 4.31. The lowest BCUT2D eigenvalue weighted by Gasteiger charge is -2.06. The third-order valence-electron chi connectivity index (χ3n) is 1.45. The van der Waals surface area contributed by atoms with E-state index in [1.54, 1.807) is 0 Å². The van der Waals surface area contributed by atoms with E-state index in [9.17, 15) is 13.6 Å². The second-order valence-corrected chi connectivity index (χ2v) is 3.09. The molecule has 0 unspecified atom stereocenters. The Morgan fingerprint density at radius 3 is 2.57 bits per heavy atom. The van der Waals surface area contributed by atoms with Gasteiger partial charge in [-0.25, -0.2) is 13.8 Å². The topological polar surface area (TPSA) is 56.0 Å². The van der Waals surface area contributed by atoms with E-state index in [4.69, 9.17) is 28.9 Å². The molecule has 0 saturated carbocycles. The third-order valence-corrected chi connectivity index (χ3v) is 2.05. The minimum Gasteiger partial charge on any atom is -0.382 e. The number of halogens is 4. The van der Waals surface area contributed by atoms with Crippen LogP contribution in [0.25, 0.3) is 0 Å². The Labute approximate surface area is 87.8 Å². The fraction of sp³-hybridized carbons (Fsp3) is 0.143. The molecule has 0 atom stereocenters. The van der Waals surface area contributed by atoms with Crippen LogP contribution < -0.4 is 5.73 Å². The number of carbonyl (C=O) groups is 1. The number of hydrogen-bond acceptors (Lipinski definition) is 3. The zero-order valence-corrected chi connectivity index (χ0v) is 8.11. The Kier molecular flexibility index (Phi) is 3.23. The minimum absolute atomic E-state index is 0.339. The Morgan fingerprint density at radius 1 is 1.57 bits per heavy atom. The molecule has 0 aromatic carbocycles. The van der Waals surface area contributed by atoms with Crippen molar-refractivity contribution in [1.82, 2.24) is 4.98 Å². The first-order valence-corrected chi connectivity index (χ1v) is 4.13. The summed E-state index contributed by atoms with van der Waals surface area (Å²) in [6.45, 7) is 0.